The number of aliphatic imine (C=N–C) groups is 1. The summed E-state index contributed by atoms with van der Waals surface area (Å²) in [6.07, 6.45) is -0.355. The van der Waals surface area contributed by atoms with Gasteiger partial charge in [-0.05, 0) is 36.4 Å². The molecule has 1 saturated heterocycles. The van der Waals surface area contributed by atoms with E-state index < -0.39 is 23.0 Å². The Balaban J connectivity index is 1.97. The molecule has 1 N–H and O–H groups in total. The molecule has 2 aromatic rings. The van der Waals surface area contributed by atoms with Crippen LogP contribution in [0, 0.1) is 0 Å². The van der Waals surface area contributed by atoms with Gasteiger partial charge in [0.15, 0.2) is 5.17 Å². The minimum absolute atomic E-state index is 0.150. The summed E-state index contributed by atoms with van der Waals surface area (Å²) >= 11 is 6.85. The number of aliphatic carboxylic acids is 1. The average molecular weight is 389 g/mol. The standard InChI is InChI=1S/C18H13ClN2O4S/c19-12-6-8-13(9-7-12)21-17(25)14(10-15(22)23)26-18(21)20-16(24)11-4-2-1-3-5-11/h1-9,14H,10H2,(H,22,23)/t14-/m1/s1. The third kappa shape index (κ3) is 3.95. The lowest BCUT2D eigenvalue weighted by Crippen LogP contribution is -2.33. The van der Waals surface area contributed by atoms with E-state index in [9.17, 15) is 14.4 Å². The van der Waals surface area contributed by atoms with Crippen LogP contribution in [0.5, 0.6) is 0 Å². The van der Waals surface area contributed by atoms with E-state index in [1.807, 2.05) is 0 Å². The van der Waals surface area contributed by atoms with Gasteiger partial charge in [-0.1, -0.05) is 41.6 Å². The molecule has 0 aliphatic carbocycles. The number of carboxylic acid groups (broad SMARTS) is 1. The summed E-state index contributed by atoms with van der Waals surface area (Å²) in [4.78, 5) is 41.4. The SMILES string of the molecule is O=C(O)C[C@H]1SC(=NC(=O)c2ccccc2)N(c2ccc(Cl)cc2)C1=O. The third-order valence-corrected chi connectivity index (χ3v) is 4.99. The van der Waals surface area contributed by atoms with E-state index >= 15 is 0 Å². The van der Waals surface area contributed by atoms with Crippen molar-refractivity contribution >= 4 is 52.0 Å². The quantitative estimate of drug-likeness (QED) is 0.866. The maximum absolute atomic E-state index is 12.7. The fourth-order valence-corrected chi connectivity index (χ4v) is 3.64. The highest BCUT2D eigenvalue weighted by atomic mass is 35.5. The monoisotopic (exact) mass is 388 g/mol. The largest absolute Gasteiger partial charge is 0.481 e. The van der Waals surface area contributed by atoms with Crippen LogP contribution in [0.2, 0.25) is 5.02 Å². The molecule has 26 heavy (non-hydrogen) atoms. The van der Waals surface area contributed by atoms with Crippen molar-refractivity contribution in [3.63, 3.8) is 0 Å². The molecule has 132 valence electrons. The Bertz CT molecular complexity index is 884. The van der Waals surface area contributed by atoms with Crippen LogP contribution in [0.3, 0.4) is 0 Å². The number of amidine groups is 1. The lowest BCUT2D eigenvalue weighted by Gasteiger charge is -2.16. The van der Waals surface area contributed by atoms with E-state index in [0.29, 0.717) is 16.3 Å². The highest BCUT2D eigenvalue weighted by Gasteiger charge is 2.40. The van der Waals surface area contributed by atoms with Gasteiger partial charge >= 0.3 is 5.97 Å². The van der Waals surface area contributed by atoms with Gasteiger partial charge in [0.05, 0.1) is 12.1 Å². The average Bonchev–Trinajstić information content (AvgIpc) is 2.91. The summed E-state index contributed by atoms with van der Waals surface area (Å²) in [6.45, 7) is 0. The van der Waals surface area contributed by atoms with Gasteiger partial charge in [-0.25, -0.2) is 0 Å². The van der Waals surface area contributed by atoms with E-state index in [1.165, 1.54) is 4.90 Å². The lowest BCUT2D eigenvalue weighted by molar-refractivity contribution is -0.138. The Kier molecular flexibility index (Phi) is 5.39. The summed E-state index contributed by atoms with van der Waals surface area (Å²) < 4.78 is 0. The molecule has 0 saturated carbocycles. The first-order chi connectivity index (χ1) is 12.5. The van der Waals surface area contributed by atoms with Crippen molar-refractivity contribution in [3.8, 4) is 0 Å². The van der Waals surface area contributed by atoms with Crippen molar-refractivity contribution in [3.05, 3.63) is 65.2 Å². The normalized spacial score (nSPS) is 18.3. The fraction of sp³-hybridized carbons (Fsp3) is 0.111. The van der Waals surface area contributed by atoms with E-state index in [0.717, 1.165) is 11.8 Å². The second-order valence-corrected chi connectivity index (χ2v) is 7.03. The fourth-order valence-electron chi connectivity index (χ4n) is 2.39. The first-order valence-corrected chi connectivity index (χ1v) is 8.87. The van der Waals surface area contributed by atoms with Crippen LogP contribution in [0.1, 0.15) is 16.8 Å². The van der Waals surface area contributed by atoms with Gasteiger partial charge in [0.1, 0.15) is 5.25 Å². The van der Waals surface area contributed by atoms with E-state index in [2.05, 4.69) is 4.99 Å². The summed E-state index contributed by atoms with van der Waals surface area (Å²) in [5, 5.41) is 8.83. The topological polar surface area (TPSA) is 87.0 Å². The molecule has 1 aliphatic rings. The van der Waals surface area contributed by atoms with Crippen molar-refractivity contribution in [1.29, 1.82) is 0 Å². The number of nitrogens with zero attached hydrogens (tertiary/aromatic N) is 2. The van der Waals surface area contributed by atoms with E-state index in [1.54, 1.807) is 54.6 Å². The third-order valence-electron chi connectivity index (χ3n) is 3.60. The number of hydrogen-bond acceptors (Lipinski definition) is 4. The lowest BCUT2D eigenvalue weighted by atomic mass is 10.2. The second-order valence-electron chi connectivity index (χ2n) is 5.42. The first kappa shape index (κ1) is 18.2. The Labute approximate surface area is 158 Å². The number of carbonyl (C=O) groups excluding carboxylic acids is 2. The Morgan fingerprint density at radius 3 is 2.38 bits per heavy atom. The number of thioether (sulfide) groups is 1. The van der Waals surface area contributed by atoms with Crippen LogP contribution in [-0.4, -0.2) is 33.3 Å². The molecular weight excluding hydrogens is 376 g/mol. The molecule has 0 aromatic heterocycles. The number of anilines is 1. The molecule has 1 fully saturated rings. The zero-order valence-corrected chi connectivity index (χ0v) is 14.9. The number of hydrogen-bond donors (Lipinski definition) is 1. The van der Waals surface area contributed by atoms with Crippen LogP contribution in [0.25, 0.3) is 0 Å². The molecule has 2 aromatic carbocycles. The van der Waals surface area contributed by atoms with Gasteiger partial charge in [-0.15, -0.1) is 0 Å². The molecule has 0 bridgehead atoms. The summed E-state index contributed by atoms with van der Waals surface area (Å²) in [5.74, 6) is -2.03. The van der Waals surface area contributed by atoms with E-state index in [-0.39, 0.29) is 11.6 Å². The van der Waals surface area contributed by atoms with Crippen LogP contribution >= 0.6 is 23.4 Å². The van der Waals surface area contributed by atoms with Gasteiger partial charge in [0.25, 0.3) is 5.91 Å². The highest BCUT2D eigenvalue weighted by molar-refractivity contribution is 8.16. The van der Waals surface area contributed by atoms with Crippen LogP contribution in [-0.2, 0) is 9.59 Å². The molecule has 0 radical (unpaired) electrons. The van der Waals surface area contributed by atoms with Crippen molar-refractivity contribution in [1.82, 2.24) is 0 Å². The predicted octanol–water partition coefficient (Wildman–Crippen LogP) is 3.46. The molecular formula is C18H13ClN2O4S. The zero-order valence-electron chi connectivity index (χ0n) is 13.3. The molecule has 1 aliphatic heterocycles. The summed E-state index contributed by atoms with van der Waals surface area (Å²) in [6, 6.07) is 14.9. The second kappa shape index (κ2) is 7.72. The number of benzene rings is 2. The number of rotatable bonds is 4. The van der Waals surface area contributed by atoms with Gasteiger partial charge < -0.3 is 5.11 Å². The van der Waals surface area contributed by atoms with Crippen molar-refractivity contribution in [2.45, 2.75) is 11.7 Å². The summed E-state index contributed by atoms with van der Waals surface area (Å²) in [7, 11) is 0. The molecule has 0 spiro atoms. The maximum atomic E-state index is 12.7. The molecule has 8 heteroatoms. The molecule has 6 nitrogen and oxygen atoms in total. The Morgan fingerprint density at radius 1 is 1.12 bits per heavy atom. The van der Waals surface area contributed by atoms with Gasteiger partial charge in [0.2, 0.25) is 5.91 Å². The van der Waals surface area contributed by atoms with E-state index in [4.69, 9.17) is 16.7 Å². The van der Waals surface area contributed by atoms with Gasteiger partial charge in [-0.2, -0.15) is 4.99 Å². The number of carbonyl (C=O) groups is 3. The maximum Gasteiger partial charge on any atom is 0.305 e. The first-order valence-electron chi connectivity index (χ1n) is 7.62. The Morgan fingerprint density at radius 2 is 1.77 bits per heavy atom. The van der Waals surface area contributed by atoms with Crippen molar-refractivity contribution in [2.75, 3.05) is 4.90 Å². The minimum Gasteiger partial charge on any atom is -0.481 e. The molecule has 1 heterocycles. The van der Waals surface area contributed by atoms with Gasteiger partial charge in [-0.3, -0.25) is 19.3 Å². The zero-order chi connectivity index (χ0) is 18.7. The van der Waals surface area contributed by atoms with Crippen LogP contribution in [0.15, 0.2) is 59.6 Å². The Hall–Kier alpha value is -2.64. The van der Waals surface area contributed by atoms with Crippen molar-refractivity contribution < 1.29 is 19.5 Å². The van der Waals surface area contributed by atoms with Crippen molar-refractivity contribution in [2.24, 2.45) is 4.99 Å². The summed E-state index contributed by atoms with van der Waals surface area (Å²) in [5.41, 5.74) is 0.852. The van der Waals surface area contributed by atoms with Crippen LogP contribution < -0.4 is 4.90 Å². The highest BCUT2D eigenvalue weighted by Crippen LogP contribution is 2.34. The smallest absolute Gasteiger partial charge is 0.305 e. The van der Waals surface area contributed by atoms with Crippen LogP contribution in [0.4, 0.5) is 5.69 Å². The molecule has 3 rings (SSSR count). The van der Waals surface area contributed by atoms with Gasteiger partial charge in [0, 0.05) is 10.6 Å². The number of halogens is 1. The molecule has 0 unspecified atom stereocenters. The molecule has 2 amide bonds. The molecule has 1 atom stereocenters. The predicted molar refractivity (Wildman–Crippen MR) is 101 cm³/mol. The minimum atomic E-state index is -1.09. The number of carboxylic acids is 1. The number of amides is 2.